The molecule has 0 spiro atoms. The molecule has 2 saturated heterocycles. The Morgan fingerprint density at radius 3 is 2.45 bits per heavy atom. The van der Waals surface area contributed by atoms with E-state index in [1.807, 2.05) is 0 Å². The highest BCUT2D eigenvalue weighted by atomic mass is 16.5. The predicted octanol–water partition coefficient (Wildman–Crippen LogP) is 1.31. The highest BCUT2D eigenvalue weighted by molar-refractivity contribution is 4.85. The summed E-state index contributed by atoms with van der Waals surface area (Å²) in [5.41, 5.74) is 0. The van der Waals surface area contributed by atoms with E-state index < -0.39 is 0 Å². The van der Waals surface area contributed by atoms with Crippen LogP contribution in [0.15, 0.2) is 0 Å². The van der Waals surface area contributed by atoms with E-state index in [2.05, 4.69) is 29.2 Å². The van der Waals surface area contributed by atoms with Gasteiger partial charge in [0.25, 0.3) is 0 Å². The van der Waals surface area contributed by atoms with Crippen molar-refractivity contribution in [3.8, 4) is 0 Å². The van der Waals surface area contributed by atoms with E-state index in [4.69, 9.17) is 4.74 Å². The van der Waals surface area contributed by atoms with Crippen molar-refractivity contribution in [1.29, 1.82) is 0 Å². The topological polar surface area (TPSA) is 27.7 Å². The Bertz CT molecular complexity index is 300. The number of nitrogens with zero attached hydrogens (tertiary/aromatic N) is 2. The fraction of sp³-hybridized carbons (Fsp3) is 1.00. The molecule has 4 nitrogen and oxygen atoms in total. The van der Waals surface area contributed by atoms with Gasteiger partial charge in [-0.3, -0.25) is 0 Å². The lowest BCUT2D eigenvalue weighted by atomic mass is 10.0. The molecule has 3 aliphatic rings. The van der Waals surface area contributed by atoms with Crippen molar-refractivity contribution in [3.63, 3.8) is 0 Å². The van der Waals surface area contributed by atoms with Crippen LogP contribution in [0.1, 0.15) is 38.5 Å². The highest BCUT2D eigenvalue weighted by Gasteiger charge is 2.30. The first-order valence-electron chi connectivity index (χ1n) is 8.48. The average Bonchev–Trinajstić information content (AvgIpc) is 3.17. The second-order valence-corrected chi connectivity index (χ2v) is 7.11. The molecule has 3 rings (SSSR count). The van der Waals surface area contributed by atoms with E-state index in [9.17, 15) is 0 Å². The van der Waals surface area contributed by atoms with Crippen LogP contribution in [0.3, 0.4) is 0 Å². The predicted molar refractivity (Wildman–Crippen MR) is 82.1 cm³/mol. The summed E-state index contributed by atoms with van der Waals surface area (Å²) in [4.78, 5) is 4.99. The summed E-state index contributed by atoms with van der Waals surface area (Å²) in [6.07, 6.45) is 8.78. The molecule has 2 unspecified atom stereocenters. The first kappa shape index (κ1) is 14.8. The van der Waals surface area contributed by atoms with Crippen LogP contribution in [0.4, 0.5) is 0 Å². The lowest BCUT2D eigenvalue weighted by Crippen LogP contribution is -2.44. The van der Waals surface area contributed by atoms with Crippen LogP contribution in [0.25, 0.3) is 0 Å². The lowest BCUT2D eigenvalue weighted by molar-refractivity contribution is 0.0143. The first-order valence-corrected chi connectivity index (χ1v) is 8.48. The fourth-order valence-corrected chi connectivity index (χ4v) is 3.56. The van der Waals surface area contributed by atoms with E-state index in [1.165, 1.54) is 51.6 Å². The largest absolute Gasteiger partial charge is 0.372 e. The quantitative estimate of drug-likeness (QED) is 0.794. The lowest BCUT2D eigenvalue weighted by Gasteiger charge is -2.36. The Morgan fingerprint density at radius 2 is 1.75 bits per heavy atom. The van der Waals surface area contributed by atoms with Gasteiger partial charge >= 0.3 is 0 Å². The third-order valence-corrected chi connectivity index (χ3v) is 5.21. The maximum atomic E-state index is 6.21. The van der Waals surface area contributed by atoms with Crippen LogP contribution < -0.4 is 5.32 Å². The van der Waals surface area contributed by atoms with Crippen LogP contribution in [0, 0.1) is 0 Å². The molecule has 116 valence electrons. The average molecular weight is 281 g/mol. The summed E-state index contributed by atoms with van der Waals surface area (Å²) in [6, 6.07) is 1.57. The summed E-state index contributed by atoms with van der Waals surface area (Å²) < 4.78 is 6.21. The zero-order chi connectivity index (χ0) is 13.9. The number of likely N-dealkylation sites (N-methyl/N-ethyl adjacent to an activating group) is 1. The third kappa shape index (κ3) is 4.17. The van der Waals surface area contributed by atoms with E-state index in [0.29, 0.717) is 12.2 Å². The molecule has 0 aromatic carbocycles. The van der Waals surface area contributed by atoms with Crippen molar-refractivity contribution < 1.29 is 4.74 Å². The molecule has 2 atom stereocenters. The number of piperidine rings is 1. The fourth-order valence-electron chi connectivity index (χ4n) is 3.56. The summed E-state index contributed by atoms with van der Waals surface area (Å²) >= 11 is 0. The van der Waals surface area contributed by atoms with Crippen LogP contribution in [0.5, 0.6) is 0 Å². The van der Waals surface area contributed by atoms with Crippen LogP contribution in [0.2, 0.25) is 0 Å². The van der Waals surface area contributed by atoms with E-state index in [-0.39, 0.29) is 0 Å². The van der Waals surface area contributed by atoms with Gasteiger partial charge in [0.05, 0.1) is 12.2 Å². The highest BCUT2D eigenvalue weighted by Crippen LogP contribution is 2.24. The molecule has 0 aromatic rings. The van der Waals surface area contributed by atoms with E-state index >= 15 is 0 Å². The maximum Gasteiger partial charge on any atom is 0.0707 e. The molecular formula is C16H31N3O. The van der Waals surface area contributed by atoms with Crippen molar-refractivity contribution in [2.24, 2.45) is 0 Å². The van der Waals surface area contributed by atoms with Gasteiger partial charge in [-0.2, -0.15) is 0 Å². The van der Waals surface area contributed by atoms with Crippen molar-refractivity contribution in [1.82, 2.24) is 15.1 Å². The summed E-state index contributed by atoms with van der Waals surface area (Å²) in [6.45, 7) is 4.68. The molecule has 1 saturated carbocycles. The second kappa shape index (κ2) is 6.73. The molecule has 20 heavy (non-hydrogen) atoms. The Balaban J connectivity index is 1.35. The Kier molecular flexibility index (Phi) is 4.97. The van der Waals surface area contributed by atoms with Crippen molar-refractivity contribution >= 4 is 0 Å². The van der Waals surface area contributed by atoms with E-state index in [0.717, 1.165) is 25.2 Å². The Labute approximate surface area is 123 Å². The third-order valence-electron chi connectivity index (χ3n) is 5.21. The van der Waals surface area contributed by atoms with Gasteiger partial charge < -0.3 is 19.9 Å². The molecule has 0 bridgehead atoms. The van der Waals surface area contributed by atoms with Gasteiger partial charge in [0, 0.05) is 25.2 Å². The zero-order valence-corrected chi connectivity index (χ0v) is 13.2. The molecule has 4 heteroatoms. The summed E-state index contributed by atoms with van der Waals surface area (Å²) in [5.74, 6) is 0. The minimum Gasteiger partial charge on any atom is -0.372 e. The van der Waals surface area contributed by atoms with Crippen molar-refractivity contribution in [2.75, 3.05) is 40.3 Å². The minimum absolute atomic E-state index is 0.464. The first-order chi connectivity index (χ1) is 9.70. The molecule has 0 amide bonds. The minimum atomic E-state index is 0.464. The van der Waals surface area contributed by atoms with Crippen molar-refractivity contribution in [2.45, 2.75) is 62.8 Å². The molecule has 2 aliphatic heterocycles. The van der Waals surface area contributed by atoms with Crippen LogP contribution >= 0.6 is 0 Å². The molecule has 3 fully saturated rings. The molecule has 1 N–H and O–H groups in total. The van der Waals surface area contributed by atoms with E-state index in [1.54, 1.807) is 0 Å². The smallest absolute Gasteiger partial charge is 0.0707 e. The molecular weight excluding hydrogens is 250 g/mol. The molecule has 2 heterocycles. The standard InChI is InChI=1S/C16H31N3O/c1-18-9-7-14(8-10-18)19(2)12-16-6-5-15(20-16)11-17-13-3-4-13/h13-17H,3-12H2,1-2H3. The molecule has 0 aromatic heterocycles. The van der Waals surface area contributed by atoms with Gasteiger partial charge in [-0.25, -0.2) is 0 Å². The Morgan fingerprint density at radius 1 is 1.05 bits per heavy atom. The maximum absolute atomic E-state index is 6.21. The zero-order valence-electron chi connectivity index (χ0n) is 13.2. The summed E-state index contributed by atoms with van der Waals surface area (Å²) in [5, 5.41) is 3.60. The van der Waals surface area contributed by atoms with Gasteiger partial charge in [0.15, 0.2) is 0 Å². The number of nitrogens with one attached hydrogen (secondary N) is 1. The second-order valence-electron chi connectivity index (χ2n) is 7.11. The number of hydrogen-bond acceptors (Lipinski definition) is 4. The normalized spacial score (nSPS) is 33.1. The SMILES string of the molecule is CN1CCC(N(C)CC2CCC(CNC3CC3)O2)CC1. The van der Waals surface area contributed by atoms with Crippen LogP contribution in [-0.2, 0) is 4.74 Å². The van der Waals surface area contributed by atoms with Crippen molar-refractivity contribution in [3.05, 3.63) is 0 Å². The van der Waals surface area contributed by atoms with Crippen LogP contribution in [-0.4, -0.2) is 74.4 Å². The van der Waals surface area contributed by atoms with Gasteiger partial charge in [-0.1, -0.05) is 0 Å². The monoisotopic (exact) mass is 281 g/mol. The molecule has 1 aliphatic carbocycles. The summed E-state index contributed by atoms with van der Waals surface area (Å²) in [7, 11) is 4.52. The number of likely N-dealkylation sites (tertiary alicyclic amines) is 1. The van der Waals surface area contributed by atoms with Gasteiger partial charge in [-0.15, -0.1) is 0 Å². The number of hydrogen-bond donors (Lipinski definition) is 1. The Hall–Kier alpha value is -0.160. The van der Waals surface area contributed by atoms with Gasteiger partial charge in [0.2, 0.25) is 0 Å². The molecule has 0 radical (unpaired) electrons. The van der Waals surface area contributed by atoms with Gasteiger partial charge in [0.1, 0.15) is 0 Å². The number of ether oxygens (including phenoxy) is 1. The number of rotatable bonds is 6. The van der Waals surface area contributed by atoms with Gasteiger partial charge in [-0.05, 0) is 65.7 Å².